The molecule has 1 amide bonds. The molecule has 206 valence electrons. The number of rotatable bonds is 5. The molecule has 3 aromatic rings. The van der Waals surface area contributed by atoms with Gasteiger partial charge in [-0.05, 0) is 56.8 Å². The van der Waals surface area contributed by atoms with Crippen molar-refractivity contribution in [3.63, 3.8) is 0 Å². The highest BCUT2D eigenvalue weighted by atomic mass is 19.4. The van der Waals surface area contributed by atoms with Crippen molar-refractivity contribution in [1.82, 2.24) is 14.9 Å². The number of alkyl halides is 3. The SMILES string of the molecule is Cc1ccc(C(=O)Nc2cc(N3CCN(C)CC3)cc(C(F)(F)F)c2)cc1Oc1ncnc2c1OCC(C)N2. The Bertz CT molecular complexity index is 1380. The summed E-state index contributed by atoms with van der Waals surface area (Å²) in [5.41, 5.74) is 0.596. The van der Waals surface area contributed by atoms with E-state index in [1.54, 1.807) is 25.1 Å². The largest absolute Gasteiger partial charge is 0.483 e. The van der Waals surface area contributed by atoms with E-state index in [9.17, 15) is 18.0 Å². The minimum atomic E-state index is -4.56. The minimum absolute atomic E-state index is 0.0604. The van der Waals surface area contributed by atoms with Crippen molar-refractivity contribution in [3.8, 4) is 17.4 Å². The number of nitrogens with one attached hydrogen (secondary N) is 2. The first-order valence-corrected chi connectivity index (χ1v) is 12.6. The number of hydrogen-bond acceptors (Lipinski definition) is 8. The zero-order valence-corrected chi connectivity index (χ0v) is 21.8. The maximum atomic E-state index is 13.7. The van der Waals surface area contributed by atoms with E-state index in [0.29, 0.717) is 42.7 Å². The molecule has 3 heterocycles. The number of benzene rings is 2. The second-order valence-electron chi connectivity index (χ2n) is 9.81. The Morgan fingerprint density at radius 2 is 1.90 bits per heavy atom. The molecule has 0 saturated carbocycles. The topological polar surface area (TPSA) is 91.9 Å². The van der Waals surface area contributed by atoms with E-state index in [-0.39, 0.29) is 23.2 Å². The molecule has 2 aliphatic heterocycles. The number of nitrogens with zero attached hydrogens (tertiary/aromatic N) is 4. The molecule has 0 radical (unpaired) electrons. The highest BCUT2D eigenvalue weighted by Crippen LogP contribution is 2.38. The molecule has 1 atom stereocenters. The summed E-state index contributed by atoms with van der Waals surface area (Å²) in [5.74, 6) is 0.846. The number of piperazine rings is 1. The predicted molar refractivity (Wildman–Crippen MR) is 141 cm³/mol. The monoisotopic (exact) mass is 542 g/mol. The number of ether oxygens (including phenoxy) is 2. The van der Waals surface area contributed by atoms with E-state index in [2.05, 4.69) is 25.5 Å². The van der Waals surface area contributed by atoms with Crippen molar-refractivity contribution >= 4 is 23.1 Å². The van der Waals surface area contributed by atoms with Crippen LogP contribution in [0.15, 0.2) is 42.7 Å². The van der Waals surface area contributed by atoms with E-state index < -0.39 is 17.6 Å². The second kappa shape index (κ2) is 10.6. The van der Waals surface area contributed by atoms with Crippen LogP contribution in [0.25, 0.3) is 0 Å². The van der Waals surface area contributed by atoms with E-state index >= 15 is 0 Å². The maximum absolute atomic E-state index is 13.7. The van der Waals surface area contributed by atoms with Crippen LogP contribution in [0.5, 0.6) is 17.4 Å². The molecule has 2 N–H and O–H groups in total. The first-order valence-electron chi connectivity index (χ1n) is 12.6. The molecular formula is C27H29F3N6O3. The van der Waals surface area contributed by atoms with Gasteiger partial charge in [0.25, 0.3) is 11.8 Å². The lowest BCUT2D eigenvalue weighted by Gasteiger charge is -2.34. The summed E-state index contributed by atoms with van der Waals surface area (Å²) in [6.45, 7) is 6.82. The molecule has 0 spiro atoms. The van der Waals surface area contributed by atoms with Gasteiger partial charge >= 0.3 is 6.18 Å². The van der Waals surface area contributed by atoms with Crippen LogP contribution in [0.4, 0.5) is 30.4 Å². The van der Waals surface area contributed by atoms with Crippen LogP contribution in [0, 0.1) is 6.92 Å². The van der Waals surface area contributed by atoms with Gasteiger partial charge in [0.2, 0.25) is 5.75 Å². The molecule has 9 nitrogen and oxygen atoms in total. The summed E-state index contributed by atoms with van der Waals surface area (Å²) in [7, 11) is 1.97. The third kappa shape index (κ3) is 6.00. The van der Waals surface area contributed by atoms with Gasteiger partial charge in [0, 0.05) is 43.1 Å². The van der Waals surface area contributed by atoms with Crippen LogP contribution in [0.2, 0.25) is 0 Å². The van der Waals surface area contributed by atoms with Gasteiger partial charge in [-0.1, -0.05) is 6.07 Å². The van der Waals surface area contributed by atoms with Gasteiger partial charge in [-0.15, -0.1) is 0 Å². The third-order valence-corrected chi connectivity index (χ3v) is 6.66. The van der Waals surface area contributed by atoms with Gasteiger partial charge in [0.15, 0.2) is 5.82 Å². The van der Waals surface area contributed by atoms with Crippen molar-refractivity contribution < 1.29 is 27.4 Å². The Morgan fingerprint density at radius 3 is 2.64 bits per heavy atom. The number of carbonyl (C=O) groups is 1. The average Bonchev–Trinajstić information content (AvgIpc) is 2.89. The second-order valence-corrected chi connectivity index (χ2v) is 9.81. The number of hydrogen-bond donors (Lipinski definition) is 2. The van der Waals surface area contributed by atoms with E-state index in [4.69, 9.17) is 9.47 Å². The maximum Gasteiger partial charge on any atom is 0.416 e. The molecule has 5 rings (SSSR count). The van der Waals surface area contributed by atoms with Crippen molar-refractivity contribution in [1.29, 1.82) is 0 Å². The number of amides is 1. The highest BCUT2D eigenvalue weighted by Gasteiger charge is 2.32. The predicted octanol–water partition coefficient (Wildman–Crippen LogP) is 4.79. The zero-order valence-electron chi connectivity index (χ0n) is 21.8. The molecular weight excluding hydrogens is 513 g/mol. The fraction of sp³-hybridized carbons (Fsp3) is 0.370. The summed E-state index contributed by atoms with van der Waals surface area (Å²) in [6, 6.07) is 8.51. The van der Waals surface area contributed by atoms with Gasteiger partial charge in [-0.25, -0.2) is 4.98 Å². The molecule has 2 aliphatic rings. The number of aromatic nitrogens is 2. The highest BCUT2D eigenvalue weighted by molar-refractivity contribution is 6.04. The van der Waals surface area contributed by atoms with Crippen LogP contribution in [0.1, 0.15) is 28.4 Å². The molecule has 1 unspecified atom stereocenters. The molecule has 2 aromatic carbocycles. The van der Waals surface area contributed by atoms with Crippen molar-refractivity contribution in [2.45, 2.75) is 26.1 Å². The standard InChI is InChI=1S/C27H29F3N6O3/c1-16-4-5-18(10-22(16)39-26-23-24(31-15-32-26)33-17(2)14-38-23)25(37)34-20-11-19(27(28,29)30)12-21(13-20)36-8-6-35(3)7-9-36/h4-5,10-13,15,17H,6-9,14H2,1-3H3,(H,34,37)(H,31,32,33). The van der Waals surface area contributed by atoms with Crippen LogP contribution in [-0.4, -0.2) is 66.7 Å². The van der Waals surface area contributed by atoms with Gasteiger partial charge in [0.1, 0.15) is 18.7 Å². The van der Waals surface area contributed by atoms with Crippen LogP contribution in [-0.2, 0) is 6.18 Å². The zero-order chi connectivity index (χ0) is 27.7. The van der Waals surface area contributed by atoms with E-state index in [0.717, 1.165) is 30.8 Å². The number of halogens is 3. The molecule has 1 fully saturated rings. The third-order valence-electron chi connectivity index (χ3n) is 6.66. The van der Waals surface area contributed by atoms with Gasteiger partial charge in [0.05, 0.1) is 11.6 Å². The fourth-order valence-corrected chi connectivity index (χ4v) is 4.40. The number of aryl methyl sites for hydroxylation is 1. The smallest absolute Gasteiger partial charge is 0.416 e. The Balaban J connectivity index is 1.39. The molecule has 39 heavy (non-hydrogen) atoms. The van der Waals surface area contributed by atoms with Gasteiger partial charge in [-0.3, -0.25) is 4.79 Å². The Morgan fingerprint density at radius 1 is 1.13 bits per heavy atom. The molecule has 1 aromatic heterocycles. The van der Waals surface area contributed by atoms with E-state index in [1.807, 2.05) is 18.9 Å². The quantitative estimate of drug-likeness (QED) is 0.476. The number of likely N-dealkylation sites (N-methyl/N-ethyl adjacent to an activating group) is 1. The number of fused-ring (bicyclic) bond motifs is 1. The van der Waals surface area contributed by atoms with Crippen molar-refractivity contribution in [2.75, 3.05) is 55.4 Å². The summed E-state index contributed by atoms with van der Waals surface area (Å²) in [6.07, 6.45) is -3.21. The molecule has 0 bridgehead atoms. The molecule has 0 aliphatic carbocycles. The van der Waals surface area contributed by atoms with Gasteiger partial charge < -0.3 is 29.9 Å². The number of carbonyl (C=O) groups excluding carboxylic acids is 1. The summed E-state index contributed by atoms with van der Waals surface area (Å²) in [4.78, 5) is 25.5. The number of anilines is 3. The molecule has 1 saturated heterocycles. The lowest BCUT2D eigenvalue weighted by molar-refractivity contribution is -0.137. The minimum Gasteiger partial charge on any atom is -0.483 e. The average molecular weight is 543 g/mol. The Labute approximate surface area is 223 Å². The van der Waals surface area contributed by atoms with Crippen molar-refractivity contribution in [3.05, 3.63) is 59.4 Å². The summed E-state index contributed by atoms with van der Waals surface area (Å²) >= 11 is 0. The first kappa shape index (κ1) is 26.5. The van der Waals surface area contributed by atoms with Crippen molar-refractivity contribution in [2.24, 2.45) is 0 Å². The van der Waals surface area contributed by atoms with Gasteiger partial charge in [-0.2, -0.15) is 18.2 Å². The Hall–Kier alpha value is -4.06. The normalized spacial score (nSPS) is 17.6. The molecule has 12 heteroatoms. The lowest BCUT2D eigenvalue weighted by Crippen LogP contribution is -2.44. The summed E-state index contributed by atoms with van der Waals surface area (Å²) in [5, 5.41) is 5.83. The van der Waals surface area contributed by atoms with Crippen LogP contribution >= 0.6 is 0 Å². The fourth-order valence-electron chi connectivity index (χ4n) is 4.40. The van der Waals surface area contributed by atoms with Crippen LogP contribution in [0.3, 0.4) is 0 Å². The summed E-state index contributed by atoms with van der Waals surface area (Å²) < 4.78 is 52.9. The Kier molecular flexibility index (Phi) is 7.21. The van der Waals surface area contributed by atoms with E-state index in [1.165, 1.54) is 12.4 Å². The van der Waals surface area contributed by atoms with Crippen LogP contribution < -0.4 is 25.0 Å². The lowest BCUT2D eigenvalue weighted by atomic mass is 10.1. The first-order chi connectivity index (χ1) is 18.6.